The molecule has 5 heteroatoms. The zero-order valence-corrected chi connectivity index (χ0v) is 11.0. The van der Waals surface area contributed by atoms with E-state index >= 15 is 0 Å². The predicted molar refractivity (Wildman–Crippen MR) is 71.4 cm³/mol. The van der Waals surface area contributed by atoms with Crippen molar-refractivity contribution in [1.29, 1.82) is 0 Å². The van der Waals surface area contributed by atoms with Gasteiger partial charge in [-0.2, -0.15) is 0 Å². The van der Waals surface area contributed by atoms with Crippen LogP contribution >= 0.6 is 0 Å². The van der Waals surface area contributed by atoms with Crippen LogP contribution in [0, 0.1) is 6.92 Å². The predicted octanol–water partition coefficient (Wildman–Crippen LogP) is 2.71. The summed E-state index contributed by atoms with van der Waals surface area (Å²) in [7, 11) is 0. The number of hydrogen-bond donors (Lipinski definition) is 1. The minimum Gasteiger partial charge on any atom is -0.475 e. The minimum atomic E-state index is -1.06. The van der Waals surface area contributed by atoms with Gasteiger partial charge in [-0.25, -0.2) is 4.79 Å². The van der Waals surface area contributed by atoms with Crippen molar-refractivity contribution in [3.05, 3.63) is 47.5 Å². The number of hydrogen-bond acceptors (Lipinski definition) is 4. The van der Waals surface area contributed by atoms with Gasteiger partial charge in [-0.1, -0.05) is 6.07 Å². The van der Waals surface area contributed by atoms with Crippen molar-refractivity contribution in [2.75, 3.05) is 11.4 Å². The number of carbonyl (C=O) groups is 1. The summed E-state index contributed by atoms with van der Waals surface area (Å²) in [5.41, 5.74) is 1.88. The average Bonchev–Trinajstić information content (AvgIpc) is 2.85. The van der Waals surface area contributed by atoms with Crippen LogP contribution in [0.5, 0.6) is 0 Å². The molecule has 100 valence electrons. The number of aromatic carboxylic acids is 1. The topological polar surface area (TPSA) is 66.6 Å². The van der Waals surface area contributed by atoms with Gasteiger partial charge >= 0.3 is 5.97 Å². The van der Waals surface area contributed by atoms with E-state index in [2.05, 4.69) is 4.98 Å². The van der Waals surface area contributed by atoms with E-state index in [-0.39, 0.29) is 5.76 Å². The van der Waals surface area contributed by atoms with Crippen molar-refractivity contribution in [3.8, 4) is 0 Å². The molecule has 1 N–H and O–H groups in total. The van der Waals surface area contributed by atoms with Crippen LogP contribution in [0.15, 0.2) is 34.7 Å². The van der Waals surface area contributed by atoms with Crippen LogP contribution < -0.4 is 4.90 Å². The molecule has 2 aromatic rings. The first-order valence-electron chi connectivity index (χ1n) is 6.10. The van der Waals surface area contributed by atoms with E-state index < -0.39 is 5.97 Å². The Morgan fingerprint density at radius 1 is 1.37 bits per heavy atom. The maximum atomic E-state index is 10.8. The second kappa shape index (κ2) is 5.56. The molecule has 0 fully saturated rings. The lowest BCUT2D eigenvalue weighted by Crippen LogP contribution is -2.22. The second-order valence-corrected chi connectivity index (χ2v) is 4.23. The largest absolute Gasteiger partial charge is 0.475 e. The standard InChI is InChI=1S/C14H16N2O3/c1-3-16(9-11-6-4-5-10(2)15-11)13-8-7-12(19-13)14(17)18/h4-8H,3,9H2,1-2H3,(H,17,18). The van der Waals surface area contributed by atoms with Gasteiger partial charge in [0, 0.05) is 18.3 Å². The highest BCUT2D eigenvalue weighted by molar-refractivity contribution is 5.84. The maximum absolute atomic E-state index is 10.8. The highest BCUT2D eigenvalue weighted by Crippen LogP contribution is 2.20. The second-order valence-electron chi connectivity index (χ2n) is 4.23. The molecule has 0 atom stereocenters. The smallest absolute Gasteiger partial charge is 0.371 e. The van der Waals surface area contributed by atoms with Gasteiger partial charge < -0.3 is 14.4 Å². The lowest BCUT2D eigenvalue weighted by molar-refractivity contribution is 0.0663. The van der Waals surface area contributed by atoms with Gasteiger partial charge in [0.2, 0.25) is 5.76 Å². The Labute approximate surface area is 111 Å². The van der Waals surface area contributed by atoms with E-state index in [0.717, 1.165) is 11.4 Å². The number of anilines is 1. The number of nitrogens with zero attached hydrogens (tertiary/aromatic N) is 2. The highest BCUT2D eigenvalue weighted by Gasteiger charge is 2.14. The van der Waals surface area contributed by atoms with Crippen molar-refractivity contribution in [1.82, 2.24) is 4.98 Å². The molecule has 2 aromatic heterocycles. The number of rotatable bonds is 5. The quantitative estimate of drug-likeness (QED) is 0.895. The maximum Gasteiger partial charge on any atom is 0.371 e. The SMILES string of the molecule is CCN(Cc1cccc(C)n1)c1ccc(C(=O)O)o1. The summed E-state index contributed by atoms with van der Waals surface area (Å²) in [6.07, 6.45) is 0. The fraction of sp³-hybridized carbons (Fsp3) is 0.286. The zero-order chi connectivity index (χ0) is 13.8. The van der Waals surface area contributed by atoms with Crippen LogP contribution in [-0.4, -0.2) is 22.6 Å². The molecule has 0 bridgehead atoms. The lowest BCUT2D eigenvalue weighted by atomic mass is 10.3. The number of aromatic nitrogens is 1. The average molecular weight is 260 g/mol. The molecule has 0 radical (unpaired) electrons. The molecule has 0 unspecified atom stereocenters. The van der Waals surface area contributed by atoms with E-state index in [4.69, 9.17) is 9.52 Å². The van der Waals surface area contributed by atoms with Gasteiger partial charge in [0.1, 0.15) is 0 Å². The fourth-order valence-corrected chi connectivity index (χ4v) is 1.84. The first-order chi connectivity index (χ1) is 9.10. The van der Waals surface area contributed by atoms with Gasteiger partial charge in [-0.05, 0) is 32.0 Å². The van der Waals surface area contributed by atoms with E-state index in [1.165, 1.54) is 6.07 Å². The number of carboxylic acid groups (broad SMARTS) is 1. The Bertz CT molecular complexity index is 578. The first kappa shape index (κ1) is 13.1. The van der Waals surface area contributed by atoms with Gasteiger partial charge in [0.15, 0.2) is 5.88 Å². The third kappa shape index (κ3) is 3.13. The molecular formula is C14H16N2O3. The molecule has 2 heterocycles. The van der Waals surface area contributed by atoms with Crippen molar-refractivity contribution < 1.29 is 14.3 Å². The van der Waals surface area contributed by atoms with Crippen LogP contribution in [0.2, 0.25) is 0 Å². The summed E-state index contributed by atoms with van der Waals surface area (Å²) in [4.78, 5) is 17.2. The highest BCUT2D eigenvalue weighted by atomic mass is 16.4. The van der Waals surface area contributed by atoms with Crippen molar-refractivity contribution in [3.63, 3.8) is 0 Å². The molecule has 5 nitrogen and oxygen atoms in total. The Hall–Kier alpha value is -2.30. The molecule has 19 heavy (non-hydrogen) atoms. The summed E-state index contributed by atoms with van der Waals surface area (Å²) >= 11 is 0. The Kier molecular flexibility index (Phi) is 3.85. The fourth-order valence-electron chi connectivity index (χ4n) is 1.84. The monoisotopic (exact) mass is 260 g/mol. The van der Waals surface area contributed by atoms with Gasteiger partial charge in [0.25, 0.3) is 0 Å². The summed E-state index contributed by atoms with van der Waals surface area (Å²) in [5, 5.41) is 8.85. The van der Waals surface area contributed by atoms with Crippen molar-refractivity contribution in [2.24, 2.45) is 0 Å². The molecule has 0 saturated carbocycles. The molecule has 0 aliphatic carbocycles. The van der Waals surface area contributed by atoms with Crippen LogP contribution in [0.4, 0.5) is 5.88 Å². The van der Waals surface area contributed by atoms with E-state index in [1.807, 2.05) is 36.9 Å². The van der Waals surface area contributed by atoms with Gasteiger partial charge in [-0.15, -0.1) is 0 Å². The van der Waals surface area contributed by atoms with Crippen LogP contribution in [0.3, 0.4) is 0 Å². The molecule has 2 rings (SSSR count). The number of pyridine rings is 1. The van der Waals surface area contributed by atoms with E-state index in [1.54, 1.807) is 6.07 Å². The number of furan rings is 1. The molecule has 0 saturated heterocycles. The Morgan fingerprint density at radius 3 is 2.74 bits per heavy atom. The molecule has 0 aliphatic rings. The third-order valence-electron chi connectivity index (χ3n) is 2.79. The zero-order valence-electron chi connectivity index (χ0n) is 11.0. The van der Waals surface area contributed by atoms with Crippen LogP contribution in [0.1, 0.15) is 28.9 Å². The lowest BCUT2D eigenvalue weighted by Gasteiger charge is -2.19. The number of carboxylic acids is 1. The molecular weight excluding hydrogens is 244 g/mol. The summed E-state index contributed by atoms with van der Waals surface area (Å²) in [6.45, 7) is 5.22. The summed E-state index contributed by atoms with van der Waals surface area (Å²) in [6, 6.07) is 8.97. The van der Waals surface area contributed by atoms with Gasteiger partial charge in [-0.3, -0.25) is 4.98 Å². The van der Waals surface area contributed by atoms with Crippen molar-refractivity contribution in [2.45, 2.75) is 20.4 Å². The molecule has 0 aliphatic heterocycles. The third-order valence-corrected chi connectivity index (χ3v) is 2.79. The summed E-state index contributed by atoms with van der Waals surface area (Å²) in [5.74, 6) is -0.565. The van der Waals surface area contributed by atoms with Crippen LogP contribution in [-0.2, 0) is 6.54 Å². The molecule has 0 spiro atoms. The molecule has 0 amide bonds. The minimum absolute atomic E-state index is 0.0503. The van der Waals surface area contributed by atoms with Crippen LogP contribution in [0.25, 0.3) is 0 Å². The van der Waals surface area contributed by atoms with E-state index in [9.17, 15) is 4.79 Å². The van der Waals surface area contributed by atoms with Crippen molar-refractivity contribution >= 4 is 11.9 Å². The molecule has 0 aromatic carbocycles. The normalized spacial score (nSPS) is 10.4. The summed E-state index contributed by atoms with van der Waals surface area (Å²) < 4.78 is 5.30. The Balaban J connectivity index is 2.17. The van der Waals surface area contributed by atoms with E-state index in [0.29, 0.717) is 19.0 Å². The Morgan fingerprint density at radius 2 is 2.16 bits per heavy atom. The first-order valence-corrected chi connectivity index (χ1v) is 6.10. The van der Waals surface area contributed by atoms with Gasteiger partial charge in [0.05, 0.1) is 12.2 Å². The number of aryl methyl sites for hydroxylation is 1.